The van der Waals surface area contributed by atoms with Gasteiger partial charge in [-0.1, -0.05) is 84.9 Å². The summed E-state index contributed by atoms with van der Waals surface area (Å²) in [6.45, 7) is 2.15. The van der Waals surface area contributed by atoms with Gasteiger partial charge in [0.25, 0.3) is 5.91 Å². The van der Waals surface area contributed by atoms with Gasteiger partial charge in [0, 0.05) is 50.6 Å². The van der Waals surface area contributed by atoms with Gasteiger partial charge in [-0.3, -0.25) is 14.6 Å². The molecule has 2 atom stereocenters. The molecule has 3 aromatic carbocycles. The highest BCUT2D eigenvalue weighted by Crippen LogP contribution is 2.27. The molecule has 0 spiro atoms. The number of hydrogen-bond donors (Lipinski definition) is 4. The third kappa shape index (κ3) is 7.99. The minimum atomic E-state index is -0.396. The second kappa shape index (κ2) is 15.1. The van der Waals surface area contributed by atoms with Crippen LogP contribution in [0.5, 0.6) is 0 Å². The van der Waals surface area contributed by atoms with Gasteiger partial charge in [-0.25, -0.2) is 4.98 Å². The van der Waals surface area contributed by atoms with Crippen molar-refractivity contribution in [3.63, 3.8) is 0 Å². The van der Waals surface area contributed by atoms with Gasteiger partial charge in [-0.2, -0.15) is 0 Å². The first-order valence-electron chi connectivity index (χ1n) is 15.3. The van der Waals surface area contributed by atoms with E-state index in [1.165, 1.54) is 11.1 Å². The molecule has 228 valence electrons. The van der Waals surface area contributed by atoms with E-state index in [0.717, 1.165) is 17.3 Å². The van der Waals surface area contributed by atoms with Crippen LogP contribution < -0.4 is 21.7 Å². The van der Waals surface area contributed by atoms with Crippen LogP contribution >= 0.6 is 0 Å². The highest BCUT2D eigenvalue weighted by molar-refractivity contribution is 5.94. The molecule has 1 saturated heterocycles. The van der Waals surface area contributed by atoms with Crippen molar-refractivity contribution in [2.24, 2.45) is 10.7 Å². The number of aliphatic imine (C=N–C) groups is 1. The summed E-state index contributed by atoms with van der Waals surface area (Å²) in [5.74, 6) is 0.264. The number of carbonyl (C=O) groups excluding carboxylic acids is 2. The monoisotopic (exact) mass is 591 g/mol. The van der Waals surface area contributed by atoms with E-state index in [-0.39, 0.29) is 23.8 Å². The van der Waals surface area contributed by atoms with Crippen LogP contribution in [0.3, 0.4) is 0 Å². The Morgan fingerprint density at radius 3 is 2.36 bits per heavy atom. The van der Waals surface area contributed by atoms with Crippen molar-refractivity contribution >= 4 is 28.7 Å². The normalized spacial score (nSPS) is 17.5. The highest BCUT2D eigenvalue weighted by atomic mass is 16.2. The Kier molecular flexibility index (Phi) is 10.5. The number of aromatic nitrogens is 1. The largest absolute Gasteiger partial charge is 0.370 e. The molecule has 2 unspecified atom stereocenters. The SMILES string of the molecule is CN=C(N)NCCCC1NC(CNC(=O)c2ccc3ccccc3n2)CCN(CC(c2ccccc2)c2ccccc2)C1=O. The van der Waals surface area contributed by atoms with E-state index < -0.39 is 6.04 Å². The number of guanidine groups is 1. The fourth-order valence-electron chi connectivity index (χ4n) is 5.73. The smallest absolute Gasteiger partial charge is 0.269 e. The highest BCUT2D eigenvalue weighted by Gasteiger charge is 2.32. The van der Waals surface area contributed by atoms with E-state index in [1.54, 1.807) is 13.1 Å². The quantitative estimate of drug-likeness (QED) is 0.120. The van der Waals surface area contributed by atoms with Gasteiger partial charge in [0.15, 0.2) is 5.96 Å². The lowest BCUT2D eigenvalue weighted by Crippen LogP contribution is -2.49. The van der Waals surface area contributed by atoms with Gasteiger partial charge < -0.3 is 26.6 Å². The van der Waals surface area contributed by atoms with Crippen LogP contribution in [0.15, 0.2) is 102 Å². The number of hydrogen-bond acceptors (Lipinski definition) is 5. The van der Waals surface area contributed by atoms with E-state index in [4.69, 9.17) is 5.73 Å². The maximum absolute atomic E-state index is 14.1. The van der Waals surface area contributed by atoms with Gasteiger partial charge in [0.2, 0.25) is 5.91 Å². The van der Waals surface area contributed by atoms with E-state index in [9.17, 15) is 9.59 Å². The average Bonchev–Trinajstić information content (AvgIpc) is 3.22. The van der Waals surface area contributed by atoms with Crippen LogP contribution in [0.25, 0.3) is 10.9 Å². The molecule has 44 heavy (non-hydrogen) atoms. The summed E-state index contributed by atoms with van der Waals surface area (Å²) < 4.78 is 0. The van der Waals surface area contributed by atoms with Crippen LogP contribution in [-0.4, -0.2) is 73.0 Å². The van der Waals surface area contributed by atoms with E-state index >= 15 is 0 Å². The van der Waals surface area contributed by atoms with Gasteiger partial charge in [0.05, 0.1) is 11.6 Å². The molecule has 1 aliphatic heterocycles. The Morgan fingerprint density at radius 2 is 1.66 bits per heavy atom. The Balaban J connectivity index is 1.30. The fourth-order valence-corrected chi connectivity index (χ4v) is 5.73. The number of nitrogens with one attached hydrogen (secondary N) is 3. The van der Waals surface area contributed by atoms with Crippen molar-refractivity contribution in [1.29, 1.82) is 0 Å². The standard InChI is InChI=1S/C35H41N7O2/c1-37-35(36)38-21-10-17-32-34(44)42(24-29(25-11-4-2-5-12-25)26-13-6-3-7-14-26)22-20-28(40-32)23-39-33(43)31-19-18-27-15-8-9-16-30(27)41-31/h2-9,11-16,18-19,28-29,32,40H,10,17,20-24H2,1H3,(H,39,43)(H3,36,37,38). The zero-order chi connectivity index (χ0) is 30.7. The zero-order valence-electron chi connectivity index (χ0n) is 25.2. The van der Waals surface area contributed by atoms with Crippen LogP contribution in [0.1, 0.15) is 46.8 Å². The Labute approximate surface area is 259 Å². The number of benzene rings is 3. The molecule has 1 aliphatic rings. The molecule has 9 nitrogen and oxygen atoms in total. The number of fused-ring (bicyclic) bond motifs is 1. The van der Waals surface area contributed by atoms with Gasteiger partial charge in [-0.15, -0.1) is 0 Å². The molecule has 4 aromatic rings. The predicted molar refractivity (Wildman–Crippen MR) is 175 cm³/mol. The number of pyridine rings is 1. The summed E-state index contributed by atoms with van der Waals surface area (Å²) in [4.78, 5) is 37.6. The van der Waals surface area contributed by atoms with E-state index in [1.807, 2.05) is 71.6 Å². The average molecular weight is 592 g/mol. The predicted octanol–water partition coefficient (Wildman–Crippen LogP) is 3.67. The third-order valence-corrected chi connectivity index (χ3v) is 8.16. The lowest BCUT2D eigenvalue weighted by atomic mass is 9.90. The second-order valence-electron chi connectivity index (χ2n) is 11.1. The number of amides is 2. The van der Waals surface area contributed by atoms with Gasteiger partial charge in [0.1, 0.15) is 5.69 Å². The summed E-state index contributed by atoms with van der Waals surface area (Å²) in [5, 5.41) is 10.7. The Morgan fingerprint density at radius 1 is 0.977 bits per heavy atom. The third-order valence-electron chi connectivity index (χ3n) is 8.16. The first kappa shape index (κ1) is 30.7. The molecule has 2 heterocycles. The van der Waals surface area contributed by atoms with Crippen molar-refractivity contribution in [3.05, 3.63) is 114 Å². The van der Waals surface area contributed by atoms with Crippen LogP contribution in [0.4, 0.5) is 0 Å². The maximum Gasteiger partial charge on any atom is 0.269 e. The molecule has 2 amide bonds. The summed E-state index contributed by atoms with van der Waals surface area (Å²) in [7, 11) is 1.64. The van der Waals surface area contributed by atoms with Crippen molar-refractivity contribution in [2.45, 2.75) is 37.3 Å². The number of nitrogens with zero attached hydrogens (tertiary/aromatic N) is 3. The van der Waals surface area contributed by atoms with E-state index in [0.29, 0.717) is 50.7 Å². The number of nitrogens with two attached hydrogens (primary N) is 1. The molecule has 5 rings (SSSR count). The molecular weight excluding hydrogens is 550 g/mol. The van der Waals surface area contributed by atoms with Crippen molar-refractivity contribution in [1.82, 2.24) is 25.8 Å². The summed E-state index contributed by atoms with van der Waals surface area (Å²) in [6, 6.07) is 31.6. The first-order valence-corrected chi connectivity index (χ1v) is 15.3. The molecule has 0 aliphatic carbocycles. The minimum absolute atomic E-state index is 0.0412. The molecule has 5 N–H and O–H groups in total. The minimum Gasteiger partial charge on any atom is -0.370 e. The first-order chi connectivity index (χ1) is 21.5. The van der Waals surface area contributed by atoms with Crippen molar-refractivity contribution < 1.29 is 9.59 Å². The lowest BCUT2D eigenvalue weighted by Gasteiger charge is -2.29. The summed E-state index contributed by atoms with van der Waals surface area (Å²) in [6.07, 6.45) is 2.06. The molecular formula is C35H41N7O2. The molecule has 0 bridgehead atoms. The van der Waals surface area contributed by atoms with Crippen LogP contribution in [0, 0.1) is 0 Å². The maximum atomic E-state index is 14.1. The summed E-state index contributed by atoms with van der Waals surface area (Å²) in [5.41, 5.74) is 9.30. The topological polar surface area (TPSA) is 125 Å². The fraction of sp³-hybridized carbons (Fsp3) is 0.314. The van der Waals surface area contributed by atoms with E-state index in [2.05, 4.69) is 50.2 Å². The number of para-hydroxylation sites is 1. The number of carbonyl (C=O) groups is 2. The summed E-state index contributed by atoms with van der Waals surface area (Å²) >= 11 is 0. The second-order valence-corrected chi connectivity index (χ2v) is 11.1. The number of rotatable bonds is 11. The Hall–Kier alpha value is -4.76. The molecule has 1 fully saturated rings. The lowest BCUT2D eigenvalue weighted by molar-refractivity contribution is -0.133. The Bertz CT molecular complexity index is 1520. The van der Waals surface area contributed by atoms with Crippen molar-refractivity contribution in [3.8, 4) is 0 Å². The van der Waals surface area contributed by atoms with Gasteiger partial charge >= 0.3 is 0 Å². The molecule has 9 heteroatoms. The van der Waals surface area contributed by atoms with Crippen LogP contribution in [0.2, 0.25) is 0 Å². The zero-order valence-corrected chi connectivity index (χ0v) is 25.2. The molecule has 1 aromatic heterocycles. The van der Waals surface area contributed by atoms with Crippen LogP contribution in [-0.2, 0) is 4.79 Å². The van der Waals surface area contributed by atoms with Crippen molar-refractivity contribution in [2.75, 3.05) is 33.2 Å². The van der Waals surface area contributed by atoms with Gasteiger partial charge in [-0.05, 0) is 42.5 Å². The molecule has 0 saturated carbocycles. The molecule has 0 radical (unpaired) electrons.